The second kappa shape index (κ2) is 5.68. The van der Waals surface area contributed by atoms with Crippen LogP contribution in [0.1, 0.15) is 25.3 Å². The molecule has 18 heavy (non-hydrogen) atoms. The van der Waals surface area contributed by atoms with Crippen LogP contribution in [0.3, 0.4) is 0 Å². The van der Waals surface area contributed by atoms with Gasteiger partial charge in [0.25, 0.3) is 0 Å². The number of rotatable bonds is 3. The topological polar surface area (TPSA) is 32.3 Å². The number of benzene rings is 1. The molecule has 1 saturated heterocycles. The Bertz CT molecular complexity index is 416. The van der Waals surface area contributed by atoms with Crippen LogP contribution in [-0.2, 0) is 6.42 Å². The van der Waals surface area contributed by atoms with Crippen molar-refractivity contribution in [1.29, 1.82) is 0 Å². The average Bonchev–Trinajstić information content (AvgIpc) is 2.35. The molecular weight excluding hydrogens is 297 g/mol. The number of hydrogen-bond donors (Lipinski definition) is 2. The number of nitrogens with one attached hydrogen (secondary N) is 1. The quantitative estimate of drug-likeness (QED) is 0.899. The second-order valence-electron chi connectivity index (χ2n) is 5.31. The van der Waals surface area contributed by atoms with E-state index in [-0.39, 0.29) is 11.7 Å². The Morgan fingerprint density at radius 3 is 3.00 bits per heavy atom. The molecule has 0 aliphatic carbocycles. The van der Waals surface area contributed by atoms with Crippen molar-refractivity contribution in [3.63, 3.8) is 0 Å². The summed E-state index contributed by atoms with van der Waals surface area (Å²) in [6.07, 6.45) is 2.42. The Morgan fingerprint density at radius 1 is 1.56 bits per heavy atom. The molecule has 2 N–H and O–H groups in total. The third-order valence-electron chi connectivity index (χ3n) is 3.73. The lowest BCUT2D eigenvalue weighted by molar-refractivity contribution is -0.0108. The number of piperidine rings is 1. The zero-order chi connectivity index (χ0) is 13.2. The lowest BCUT2D eigenvalue weighted by Gasteiger charge is -2.36. The summed E-state index contributed by atoms with van der Waals surface area (Å²) in [6, 6.07) is 4.87. The summed E-state index contributed by atoms with van der Waals surface area (Å²) in [7, 11) is 0. The number of aliphatic hydroxyl groups is 1. The van der Waals surface area contributed by atoms with Crippen molar-refractivity contribution in [2.24, 2.45) is 5.92 Å². The Labute approximate surface area is 116 Å². The molecule has 0 bridgehead atoms. The third-order valence-corrected chi connectivity index (χ3v) is 4.23. The third kappa shape index (κ3) is 3.31. The first kappa shape index (κ1) is 14.0. The summed E-state index contributed by atoms with van der Waals surface area (Å²) in [6.45, 7) is 3.63. The van der Waals surface area contributed by atoms with Gasteiger partial charge in [0.05, 0.1) is 5.60 Å². The molecule has 1 aromatic rings. The highest BCUT2D eigenvalue weighted by molar-refractivity contribution is 9.10. The van der Waals surface area contributed by atoms with E-state index in [0.29, 0.717) is 12.0 Å². The molecule has 2 nitrogen and oxygen atoms in total. The molecule has 1 aromatic carbocycles. The standard InChI is InChI=1S/C14H19BrFNO/c1-14(18,11-3-2-6-17-9-11)8-10-7-12(15)4-5-13(10)16/h4-5,7,11,17-18H,2-3,6,8-9H2,1H3. The molecule has 1 heterocycles. The molecule has 1 fully saturated rings. The van der Waals surface area contributed by atoms with E-state index in [1.165, 1.54) is 6.07 Å². The zero-order valence-corrected chi connectivity index (χ0v) is 12.1. The van der Waals surface area contributed by atoms with E-state index in [4.69, 9.17) is 0 Å². The van der Waals surface area contributed by atoms with Gasteiger partial charge in [-0.2, -0.15) is 0 Å². The Hall–Kier alpha value is -0.450. The van der Waals surface area contributed by atoms with Gasteiger partial charge in [-0.3, -0.25) is 0 Å². The summed E-state index contributed by atoms with van der Waals surface area (Å²) in [4.78, 5) is 0. The van der Waals surface area contributed by atoms with E-state index >= 15 is 0 Å². The molecule has 1 aliphatic rings. The van der Waals surface area contributed by atoms with Gasteiger partial charge in [0.2, 0.25) is 0 Å². The van der Waals surface area contributed by atoms with Gasteiger partial charge in [-0.1, -0.05) is 15.9 Å². The minimum atomic E-state index is -0.866. The minimum absolute atomic E-state index is 0.185. The zero-order valence-electron chi connectivity index (χ0n) is 10.5. The fourth-order valence-electron chi connectivity index (χ4n) is 2.59. The maximum absolute atomic E-state index is 13.7. The first-order valence-corrected chi connectivity index (χ1v) is 7.15. The average molecular weight is 316 g/mol. The summed E-state index contributed by atoms with van der Waals surface area (Å²) in [5.41, 5.74) is -0.297. The summed E-state index contributed by atoms with van der Waals surface area (Å²) >= 11 is 3.34. The van der Waals surface area contributed by atoms with Crippen molar-refractivity contribution in [3.8, 4) is 0 Å². The van der Waals surface area contributed by atoms with Crippen LogP contribution in [0.2, 0.25) is 0 Å². The van der Waals surface area contributed by atoms with Crippen LogP contribution in [-0.4, -0.2) is 23.8 Å². The molecule has 0 saturated carbocycles. The van der Waals surface area contributed by atoms with Crippen LogP contribution in [0.4, 0.5) is 4.39 Å². The largest absolute Gasteiger partial charge is 0.389 e. The van der Waals surface area contributed by atoms with Crippen LogP contribution in [0.5, 0.6) is 0 Å². The van der Waals surface area contributed by atoms with Gasteiger partial charge in [0.1, 0.15) is 5.82 Å². The van der Waals surface area contributed by atoms with Crippen molar-refractivity contribution in [2.75, 3.05) is 13.1 Å². The summed E-state index contributed by atoms with van der Waals surface area (Å²) in [5.74, 6) is -0.0631. The molecule has 4 heteroatoms. The maximum Gasteiger partial charge on any atom is 0.126 e. The van der Waals surface area contributed by atoms with Gasteiger partial charge in [0, 0.05) is 23.4 Å². The second-order valence-corrected chi connectivity index (χ2v) is 6.23. The summed E-state index contributed by atoms with van der Waals surface area (Å²) < 4.78 is 14.6. The molecule has 0 spiro atoms. The van der Waals surface area contributed by atoms with Gasteiger partial charge < -0.3 is 10.4 Å². The molecule has 2 unspecified atom stereocenters. The predicted molar refractivity (Wildman–Crippen MR) is 74.0 cm³/mol. The predicted octanol–water partition coefficient (Wildman–Crippen LogP) is 2.88. The first-order chi connectivity index (χ1) is 8.49. The van der Waals surface area contributed by atoms with Crippen LogP contribution >= 0.6 is 15.9 Å². The maximum atomic E-state index is 13.7. The highest BCUT2D eigenvalue weighted by atomic mass is 79.9. The van der Waals surface area contributed by atoms with Crippen LogP contribution < -0.4 is 5.32 Å². The van der Waals surface area contributed by atoms with Crippen LogP contribution in [0.15, 0.2) is 22.7 Å². The van der Waals surface area contributed by atoms with Crippen LogP contribution in [0.25, 0.3) is 0 Å². The van der Waals surface area contributed by atoms with Crippen molar-refractivity contribution in [2.45, 2.75) is 31.8 Å². The minimum Gasteiger partial charge on any atom is -0.389 e. The number of halogens is 2. The molecule has 0 radical (unpaired) electrons. The van der Waals surface area contributed by atoms with Crippen molar-refractivity contribution in [1.82, 2.24) is 5.32 Å². The molecule has 2 rings (SSSR count). The molecule has 100 valence electrons. The Morgan fingerprint density at radius 2 is 2.33 bits per heavy atom. The molecule has 1 aliphatic heterocycles. The van der Waals surface area contributed by atoms with E-state index < -0.39 is 5.60 Å². The summed E-state index contributed by atoms with van der Waals surface area (Å²) in [5, 5.41) is 13.9. The lowest BCUT2D eigenvalue weighted by Crippen LogP contribution is -2.45. The molecular formula is C14H19BrFNO. The molecule has 0 aromatic heterocycles. The Kier molecular flexibility index (Phi) is 4.41. The van der Waals surface area contributed by atoms with E-state index in [2.05, 4.69) is 21.2 Å². The fourth-order valence-corrected chi connectivity index (χ4v) is 3.00. The van der Waals surface area contributed by atoms with Gasteiger partial charge >= 0.3 is 0 Å². The fraction of sp³-hybridized carbons (Fsp3) is 0.571. The lowest BCUT2D eigenvalue weighted by atomic mass is 9.79. The van der Waals surface area contributed by atoms with Gasteiger partial charge in [-0.25, -0.2) is 4.39 Å². The highest BCUT2D eigenvalue weighted by Crippen LogP contribution is 2.29. The number of hydrogen-bond acceptors (Lipinski definition) is 2. The smallest absolute Gasteiger partial charge is 0.126 e. The van der Waals surface area contributed by atoms with Gasteiger partial charge in [0.15, 0.2) is 0 Å². The van der Waals surface area contributed by atoms with Gasteiger partial charge in [-0.05, 0) is 50.1 Å². The van der Waals surface area contributed by atoms with E-state index in [1.807, 2.05) is 6.92 Å². The van der Waals surface area contributed by atoms with E-state index in [9.17, 15) is 9.50 Å². The monoisotopic (exact) mass is 315 g/mol. The van der Waals surface area contributed by atoms with Crippen molar-refractivity contribution in [3.05, 3.63) is 34.1 Å². The van der Waals surface area contributed by atoms with Gasteiger partial charge in [-0.15, -0.1) is 0 Å². The molecule has 2 atom stereocenters. The van der Waals surface area contributed by atoms with Crippen molar-refractivity contribution >= 4 is 15.9 Å². The normalized spacial score (nSPS) is 23.7. The molecule has 0 amide bonds. The first-order valence-electron chi connectivity index (χ1n) is 6.36. The van der Waals surface area contributed by atoms with Crippen molar-refractivity contribution < 1.29 is 9.50 Å². The highest BCUT2D eigenvalue weighted by Gasteiger charge is 2.33. The van der Waals surface area contributed by atoms with E-state index in [1.54, 1.807) is 12.1 Å². The van der Waals surface area contributed by atoms with Crippen LogP contribution in [0, 0.1) is 11.7 Å². The van der Waals surface area contributed by atoms with E-state index in [0.717, 1.165) is 30.4 Å². The Balaban J connectivity index is 2.13. The SMILES string of the molecule is CC(O)(Cc1cc(Br)ccc1F)C1CCCNC1.